The molecule has 1 unspecified atom stereocenters. The molecule has 4 nitrogen and oxygen atoms in total. The van der Waals surface area contributed by atoms with E-state index in [9.17, 15) is 8.78 Å². The lowest BCUT2D eigenvalue weighted by Gasteiger charge is -2.31. The second-order valence-electron chi connectivity index (χ2n) is 3.13. The van der Waals surface area contributed by atoms with Crippen LogP contribution in [0.4, 0.5) is 8.78 Å². The number of rotatable bonds is 1. The second-order valence-corrected chi connectivity index (χ2v) is 3.13. The molecular formula is C7H11ClF2N4. The summed E-state index contributed by atoms with van der Waals surface area (Å²) in [6.45, 7) is 0.317. The van der Waals surface area contributed by atoms with Crippen molar-refractivity contribution in [2.24, 2.45) is 0 Å². The Hall–Kier alpha value is -0.750. The maximum Gasteiger partial charge on any atom is 0.282 e. The van der Waals surface area contributed by atoms with Crippen LogP contribution in [-0.4, -0.2) is 34.0 Å². The highest BCUT2D eigenvalue weighted by atomic mass is 35.5. The molecule has 80 valence electrons. The second kappa shape index (κ2) is 4.18. The third-order valence-electron chi connectivity index (χ3n) is 2.20. The first-order valence-electron chi connectivity index (χ1n) is 4.14. The minimum Gasteiger partial charge on any atom is -0.311 e. The van der Waals surface area contributed by atoms with Gasteiger partial charge >= 0.3 is 0 Å². The lowest BCUT2D eigenvalue weighted by molar-refractivity contribution is -0.0702. The Labute approximate surface area is 86.1 Å². The zero-order valence-corrected chi connectivity index (χ0v) is 8.18. The molecule has 1 aromatic heterocycles. The summed E-state index contributed by atoms with van der Waals surface area (Å²) in [5.41, 5.74) is 0. The lowest BCUT2D eigenvalue weighted by Crippen LogP contribution is -2.47. The molecule has 1 N–H and O–H groups in total. The molecule has 2 rings (SSSR count). The monoisotopic (exact) mass is 224 g/mol. The number of nitrogens with one attached hydrogen (secondary N) is 1. The summed E-state index contributed by atoms with van der Waals surface area (Å²) in [5, 5.41) is 9.77. The van der Waals surface area contributed by atoms with Crippen molar-refractivity contribution in [3.63, 3.8) is 0 Å². The topological polar surface area (TPSA) is 42.7 Å². The van der Waals surface area contributed by atoms with Crippen molar-refractivity contribution < 1.29 is 8.78 Å². The number of halogens is 3. The van der Waals surface area contributed by atoms with E-state index in [1.165, 1.54) is 17.1 Å². The van der Waals surface area contributed by atoms with E-state index in [0.717, 1.165) is 0 Å². The summed E-state index contributed by atoms with van der Waals surface area (Å²) >= 11 is 0. The van der Waals surface area contributed by atoms with E-state index in [0.29, 0.717) is 13.0 Å². The number of nitrogens with zero attached hydrogens (tertiary/aromatic N) is 3. The molecule has 1 atom stereocenters. The van der Waals surface area contributed by atoms with Crippen LogP contribution in [-0.2, 0) is 0 Å². The predicted molar refractivity (Wildman–Crippen MR) is 48.7 cm³/mol. The maximum atomic E-state index is 13.3. The van der Waals surface area contributed by atoms with Gasteiger partial charge in [-0.15, -0.1) is 17.5 Å². The third kappa shape index (κ3) is 2.01. The number of alkyl halides is 2. The van der Waals surface area contributed by atoms with E-state index in [4.69, 9.17) is 0 Å². The van der Waals surface area contributed by atoms with Gasteiger partial charge < -0.3 is 5.32 Å². The van der Waals surface area contributed by atoms with E-state index in [1.54, 1.807) is 0 Å². The van der Waals surface area contributed by atoms with Crippen molar-refractivity contribution in [1.82, 2.24) is 20.3 Å². The van der Waals surface area contributed by atoms with Crippen LogP contribution in [0.1, 0.15) is 12.5 Å². The summed E-state index contributed by atoms with van der Waals surface area (Å²) in [5.74, 6) is -2.73. The number of hydrogen-bond donors (Lipinski definition) is 1. The Kier molecular flexibility index (Phi) is 3.38. The molecule has 0 aromatic carbocycles. The Bertz CT molecular complexity index is 277. The Morgan fingerprint density at radius 1 is 1.50 bits per heavy atom. The van der Waals surface area contributed by atoms with Crippen molar-refractivity contribution >= 4 is 12.4 Å². The van der Waals surface area contributed by atoms with Gasteiger partial charge in [-0.3, -0.25) is 0 Å². The molecule has 0 spiro atoms. The van der Waals surface area contributed by atoms with E-state index < -0.39 is 12.0 Å². The average molecular weight is 225 g/mol. The van der Waals surface area contributed by atoms with Gasteiger partial charge in [0.05, 0.1) is 12.7 Å². The first-order chi connectivity index (χ1) is 6.20. The summed E-state index contributed by atoms with van der Waals surface area (Å²) in [6.07, 6.45) is 3.28. The van der Waals surface area contributed by atoms with Gasteiger partial charge in [-0.05, 0) is 13.0 Å². The molecule has 14 heavy (non-hydrogen) atoms. The molecule has 0 radical (unpaired) electrons. The molecule has 1 aromatic rings. The van der Waals surface area contributed by atoms with E-state index >= 15 is 0 Å². The van der Waals surface area contributed by atoms with Gasteiger partial charge in [0.1, 0.15) is 6.04 Å². The summed E-state index contributed by atoms with van der Waals surface area (Å²) < 4.78 is 27.8. The number of piperidine rings is 1. The zero-order valence-electron chi connectivity index (χ0n) is 7.36. The van der Waals surface area contributed by atoms with Gasteiger partial charge in [0.2, 0.25) is 0 Å². The van der Waals surface area contributed by atoms with Crippen LogP contribution < -0.4 is 5.32 Å². The van der Waals surface area contributed by atoms with Crippen molar-refractivity contribution in [2.75, 3.05) is 13.1 Å². The van der Waals surface area contributed by atoms with Crippen molar-refractivity contribution in [3.05, 3.63) is 12.4 Å². The molecule has 1 aliphatic rings. The normalized spacial score (nSPS) is 25.4. The van der Waals surface area contributed by atoms with Crippen LogP contribution in [0.5, 0.6) is 0 Å². The highest BCUT2D eigenvalue weighted by Gasteiger charge is 2.43. The van der Waals surface area contributed by atoms with Crippen LogP contribution >= 0.6 is 12.4 Å². The fourth-order valence-corrected chi connectivity index (χ4v) is 1.53. The van der Waals surface area contributed by atoms with Crippen LogP contribution in [0.15, 0.2) is 12.4 Å². The molecule has 0 amide bonds. The quantitative estimate of drug-likeness (QED) is 0.770. The molecule has 7 heteroatoms. The van der Waals surface area contributed by atoms with Gasteiger partial charge in [0.25, 0.3) is 5.92 Å². The maximum absolute atomic E-state index is 13.3. The summed E-state index contributed by atoms with van der Waals surface area (Å²) in [6, 6.07) is -0.851. The van der Waals surface area contributed by atoms with Gasteiger partial charge in [-0.2, -0.15) is 0 Å². The fraction of sp³-hybridized carbons (Fsp3) is 0.714. The van der Waals surface area contributed by atoms with Crippen molar-refractivity contribution in [2.45, 2.75) is 18.4 Å². The average Bonchev–Trinajstić information content (AvgIpc) is 2.55. The summed E-state index contributed by atoms with van der Waals surface area (Å²) in [7, 11) is 0. The Morgan fingerprint density at radius 3 is 2.86 bits per heavy atom. The standard InChI is InChI=1S/C7H10F2N4.ClH/c8-7(9)5-10-2-1-6(7)13-4-3-11-12-13;/h3-4,6,10H,1-2,5H2;1H. The van der Waals surface area contributed by atoms with Crippen LogP contribution in [0, 0.1) is 0 Å². The Morgan fingerprint density at radius 2 is 2.29 bits per heavy atom. The largest absolute Gasteiger partial charge is 0.311 e. The minimum atomic E-state index is -2.73. The fourth-order valence-electron chi connectivity index (χ4n) is 1.53. The van der Waals surface area contributed by atoms with Crippen LogP contribution in [0.25, 0.3) is 0 Å². The minimum absolute atomic E-state index is 0. The third-order valence-corrected chi connectivity index (χ3v) is 2.20. The zero-order chi connectivity index (χ0) is 9.31. The number of hydrogen-bond acceptors (Lipinski definition) is 3. The van der Waals surface area contributed by atoms with Crippen molar-refractivity contribution in [1.29, 1.82) is 0 Å². The van der Waals surface area contributed by atoms with Crippen molar-refractivity contribution in [3.8, 4) is 0 Å². The molecule has 1 fully saturated rings. The van der Waals surface area contributed by atoms with Gasteiger partial charge in [0, 0.05) is 6.20 Å². The van der Waals surface area contributed by atoms with E-state index in [2.05, 4.69) is 15.6 Å². The highest BCUT2D eigenvalue weighted by Crippen LogP contribution is 2.32. The van der Waals surface area contributed by atoms with Gasteiger partial charge in [-0.1, -0.05) is 5.21 Å². The molecule has 1 aliphatic heterocycles. The first-order valence-corrected chi connectivity index (χ1v) is 4.14. The highest BCUT2D eigenvalue weighted by molar-refractivity contribution is 5.85. The lowest BCUT2D eigenvalue weighted by atomic mass is 10.0. The Balaban J connectivity index is 0.000000980. The van der Waals surface area contributed by atoms with Gasteiger partial charge in [-0.25, -0.2) is 13.5 Å². The molecule has 0 bridgehead atoms. The van der Waals surface area contributed by atoms with E-state index in [1.807, 2.05) is 0 Å². The smallest absolute Gasteiger partial charge is 0.282 e. The van der Waals surface area contributed by atoms with Gasteiger partial charge in [0.15, 0.2) is 0 Å². The molecule has 0 saturated carbocycles. The van der Waals surface area contributed by atoms with Crippen LogP contribution in [0.3, 0.4) is 0 Å². The first kappa shape index (κ1) is 11.3. The summed E-state index contributed by atoms with van der Waals surface area (Å²) in [4.78, 5) is 0. The van der Waals surface area contributed by atoms with E-state index in [-0.39, 0.29) is 19.0 Å². The number of aromatic nitrogens is 3. The molecule has 1 saturated heterocycles. The molecular weight excluding hydrogens is 214 g/mol. The van der Waals surface area contributed by atoms with Crippen LogP contribution in [0.2, 0.25) is 0 Å². The predicted octanol–water partition coefficient (Wildman–Crippen LogP) is 0.870. The SMILES string of the molecule is Cl.FC1(F)CNCCC1n1ccnn1. The molecule has 0 aliphatic carbocycles. The molecule has 2 heterocycles.